The van der Waals surface area contributed by atoms with E-state index in [1.807, 2.05) is 6.07 Å². The van der Waals surface area contributed by atoms with Crippen LogP contribution in [0.4, 0.5) is 27.6 Å². The van der Waals surface area contributed by atoms with Crippen LogP contribution in [0.15, 0.2) is 60.8 Å². The molecule has 1 aliphatic rings. The van der Waals surface area contributed by atoms with Gasteiger partial charge >= 0.3 is 12.1 Å². The van der Waals surface area contributed by atoms with Gasteiger partial charge in [0, 0.05) is 39.8 Å². The first-order chi connectivity index (χ1) is 20.9. The molecule has 7 nitrogen and oxygen atoms in total. The number of carbonyl (C=O) groups excluding carboxylic acids is 2. The highest BCUT2D eigenvalue weighted by Gasteiger charge is 2.63. The molecule has 1 aliphatic carbocycles. The number of hydrogen-bond donors (Lipinski definition) is 2. The lowest BCUT2D eigenvalue weighted by Gasteiger charge is -2.22. The number of pyridine rings is 1. The van der Waals surface area contributed by atoms with Gasteiger partial charge in [-0.15, -0.1) is 0 Å². The van der Waals surface area contributed by atoms with Gasteiger partial charge in [0.15, 0.2) is 0 Å². The summed E-state index contributed by atoms with van der Waals surface area (Å²) in [5.74, 6) is -5.04. The molecule has 0 aliphatic heterocycles. The van der Waals surface area contributed by atoms with Gasteiger partial charge in [-0.1, -0.05) is 35.9 Å². The number of amides is 1. The first-order valence-corrected chi connectivity index (χ1v) is 13.5. The Balaban J connectivity index is 1.43. The lowest BCUT2D eigenvalue weighted by Crippen LogP contribution is -2.43. The third-order valence-electron chi connectivity index (χ3n) is 7.41. The number of nitriles is 1. The quantitative estimate of drug-likeness (QED) is 0.166. The molecule has 0 bridgehead atoms. The van der Waals surface area contributed by atoms with Crippen LogP contribution in [0.2, 0.25) is 5.02 Å². The van der Waals surface area contributed by atoms with Gasteiger partial charge in [-0.05, 0) is 48.7 Å². The number of rotatable bonds is 8. The number of carbonyl (C=O) groups is 2. The molecule has 1 fully saturated rings. The summed E-state index contributed by atoms with van der Waals surface area (Å²) < 4.78 is 74.6. The summed E-state index contributed by atoms with van der Waals surface area (Å²) in [7, 11) is 1.08. The van der Waals surface area contributed by atoms with Gasteiger partial charge in [0.25, 0.3) is 5.91 Å². The first kappa shape index (κ1) is 30.7. The number of ether oxygens (including phenoxy) is 1. The van der Waals surface area contributed by atoms with Crippen LogP contribution in [0.3, 0.4) is 0 Å². The van der Waals surface area contributed by atoms with E-state index in [0.29, 0.717) is 50.3 Å². The number of nitrogens with one attached hydrogen (secondary N) is 2. The zero-order chi connectivity index (χ0) is 31.8. The molecule has 4 aromatic rings. The minimum atomic E-state index is -4.63. The summed E-state index contributed by atoms with van der Waals surface area (Å²) in [6.45, 7) is 0. The first-order valence-electron chi connectivity index (χ1n) is 13.2. The van der Waals surface area contributed by atoms with E-state index in [0.717, 1.165) is 7.11 Å². The Kier molecular flexibility index (Phi) is 8.18. The van der Waals surface area contributed by atoms with Gasteiger partial charge in [-0.3, -0.25) is 9.78 Å². The van der Waals surface area contributed by atoms with Gasteiger partial charge in [-0.25, -0.2) is 13.6 Å². The standard InChI is InChI=1S/C31H22ClF5N4O3/c1-44-29(43)25(40-28(42)26-23(33)13-18(14-24(26)34)41-30(8-9-30)31(35,36)37)12-17-5-7-21(27-19(17)3-2-10-39-27)20-6-4-16(15-38)11-22(20)32/h2-7,10-11,13-14,25,41H,8-9,12H2,1H3,(H,40,42)/t25-/m0/s1. The predicted molar refractivity (Wildman–Crippen MR) is 152 cm³/mol. The highest BCUT2D eigenvalue weighted by Crippen LogP contribution is 2.51. The minimum absolute atomic E-state index is 0.168. The Morgan fingerprint density at radius 3 is 2.36 bits per heavy atom. The van der Waals surface area contributed by atoms with E-state index in [9.17, 15) is 31.5 Å². The smallest absolute Gasteiger partial charge is 0.411 e. The molecule has 44 heavy (non-hydrogen) atoms. The summed E-state index contributed by atoms with van der Waals surface area (Å²) in [6.07, 6.45) is -3.76. The monoisotopic (exact) mass is 628 g/mol. The highest BCUT2D eigenvalue weighted by molar-refractivity contribution is 6.33. The van der Waals surface area contributed by atoms with Gasteiger partial charge < -0.3 is 15.4 Å². The van der Waals surface area contributed by atoms with Gasteiger partial charge in [0.05, 0.1) is 24.3 Å². The molecule has 2 N–H and O–H groups in total. The fraction of sp³-hybridized carbons (Fsp3) is 0.226. The molecular formula is C31H22ClF5N4O3. The average Bonchev–Trinajstić information content (AvgIpc) is 3.77. The summed E-state index contributed by atoms with van der Waals surface area (Å²) in [5.41, 5.74) is -1.19. The zero-order valence-electron chi connectivity index (χ0n) is 22.9. The number of methoxy groups -OCH3 is 1. The summed E-state index contributed by atoms with van der Waals surface area (Å²) in [6, 6.07) is 13.4. The van der Waals surface area contributed by atoms with Crippen LogP contribution in [0.5, 0.6) is 0 Å². The predicted octanol–water partition coefficient (Wildman–Crippen LogP) is 6.73. The minimum Gasteiger partial charge on any atom is -0.467 e. The molecule has 0 saturated heterocycles. The van der Waals surface area contributed by atoms with Gasteiger partial charge in [-0.2, -0.15) is 18.4 Å². The van der Waals surface area contributed by atoms with Crippen LogP contribution in [-0.4, -0.2) is 41.7 Å². The van der Waals surface area contributed by atoms with Crippen molar-refractivity contribution in [1.29, 1.82) is 5.26 Å². The fourth-order valence-electron chi connectivity index (χ4n) is 4.96. The third kappa shape index (κ3) is 5.88. The van der Waals surface area contributed by atoms with Crippen molar-refractivity contribution < 1.29 is 36.3 Å². The molecule has 1 atom stereocenters. The molecular weight excluding hydrogens is 607 g/mol. The van der Waals surface area contributed by atoms with Crippen molar-refractivity contribution in [2.24, 2.45) is 0 Å². The molecule has 226 valence electrons. The molecule has 5 rings (SSSR count). The summed E-state index contributed by atoms with van der Waals surface area (Å²) in [5, 5.41) is 14.5. The van der Waals surface area contributed by atoms with Crippen LogP contribution >= 0.6 is 11.6 Å². The molecule has 0 spiro atoms. The maximum absolute atomic E-state index is 14.9. The maximum Gasteiger partial charge on any atom is 0.411 e. The van der Waals surface area contributed by atoms with Crippen molar-refractivity contribution in [1.82, 2.24) is 10.3 Å². The number of benzene rings is 3. The maximum atomic E-state index is 14.9. The fourth-order valence-corrected chi connectivity index (χ4v) is 5.24. The molecule has 1 saturated carbocycles. The Morgan fingerprint density at radius 1 is 1.09 bits per heavy atom. The molecule has 0 radical (unpaired) electrons. The van der Waals surface area contributed by atoms with Crippen LogP contribution in [-0.2, 0) is 16.0 Å². The third-order valence-corrected chi connectivity index (χ3v) is 7.72. The number of fused-ring (bicyclic) bond motifs is 1. The number of anilines is 1. The number of aromatic nitrogens is 1. The molecule has 1 heterocycles. The molecule has 1 aromatic heterocycles. The van der Waals surface area contributed by atoms with Crippen LogP contribution in [0, 0.1) is 23.0 Å². The van der Waals surface area contributed by atoms with Gasteiger partial charge in [0.1, 0.15) is 28.8 Å². The van der Waals surface area contributed by atoms with Crippen molar-refractivity contribution in [3.05, 3.63) is 94.1 Å². The van der Waals surface area contributed by atoms with E-state index in [1.54, 1.807) is 42.6 Å². The van der Waals surface area contributed by atoms with Gasteiger partial charge in [0.2, 0.25) is 0 Å². The lowest BCUT2D eigenvalue weighted by atomic mass is 9.94. The number of esters is 1. The van der Waals surface area contributed by atoms with Crippen molar-refractivity contribution in [2.75, 3.05) is 12.4 Å². The van der Waals surface area contributed by atoms with Crippen molar-refractivity contribution >= 4 is 40.1 Å². The average molecular weight is 629 g/mol. The molecule has 13 heteroatoms. The second-order valence-electron chi connectivity index (χ2n) is 10.3. The summed E-state index contributed by atoms with van der Waals surface area (Å²) in [4.78, 5) is 30.2. The topological polar surface area (TPSA) is 104 Å². The number of hydrogen-bond acceptors (Lipinski definition) is 6. The normalized spacial score (nSPS) is 14.4. The van der Waals surface area contributed by atoms with Crippen molar-refractivity contribution in [3.63, 3.8) is 0 Å². The van der Waals surface area contributed by atoms with Crippen LogP contribution < -0.4 is 10.6 Å². The van der Waals surface area contributed by atoms with E-state index in [4.69, 9.17) is 21.6 Å². The second-order valence-corrected chi connectivity index (χ2v) is 10.7. The number of alkyl halides is 3. The lowest BCUT2D eigenvalue weighted by molar-refractivity contribution is -0.151. The largest absolute Gasteiger partial charge is 0.467 e. The SMILES string of the molecule is COC(=O)[C@H](Cc1ccc(-c2ccc(C#N)cc2Cl)c2ncccc12)NC(=O)c1c(F)cc(NC2(C(F)(F)F)CC2)cc1F. The van der Waals surface area contributed by atoms with E-state index >= 15 is 0 Å². The Labute approximate surface area is 252 Å². The van der Waals surface area contributed by atoms with E-state index < -0.39 is 52.5 Å². The van der Waals surface area contributed by atoms with E-state index in [-0.39, 0.29) is 19.3 Å². The van der Waals surface area contributed by atoms with Crippen LogP contribution in [0.1, 0.15) is 34.3 Å². The number of nitrogens with zero attached hydrogens (tertiary/aromatic N) is 2. The summed E-state index contributed by atoms with van der Waals surface area (Å²) >= 11 is 6.43. The zero-order valence-corrected chi connectivity index (χ0v) is 23.6. The Hall–Kier alpha value is -4.76. The molecule has 1 amide bonds. The van der Waals surface area contributed by atoms with E-state index in [1.165, 1.54) is 6.07 Å². The number of halogens is 6. The molecule has 0 unspecified atom stereocenters. The molecule has 3 aromatic carbocycles. The second kappa shape index (κ2) is 11.7. The highest BCUT2D eigenvalue weighted by atomic mass is 35.5. The Bertz CT molecular complexity index is 1810. The Morgan fingerprint density at radius 2 is 1.77 bits per heavy atom. The van der Waals surface area contributed by atoms with Crippen LogP contribution in [0.25, 0.3) is 22.0 Å². The van der Waals surface area contributed by atoms with Crippen molar-refractivity contribution in [3.8, 4) is 17.2 Å². The van der Waals surface area contributed by atoms with Crippen molar-refractivity contribution in [2.45, 2.75) is 37.0 Å². The van der Waals surface area contributed by atoms with E-state index in [2.05, 4.69) is 15.6 Å².